The molecule has 2 aromatic heterocycles. The Labute approximate surface area is 144 Å². The Kier molecular flexibility index (Phi) is 7.41. The molecule has 0 bridgehead atoms. The van der Waals surface area contributed by atoms with Crippen LogP contribution in [0, 0.1) is 10.1 Å². The minimum atomic E-state index is -0.374. The lowest BCUT2D eigenvalue weighted by Gasteiger charge is -2.21. The van der Waals surface area contributed by atoms with Crippen LogP contribution in [-0.4, -0.2) is 28.0 Å². The summed E-state index contributed by atoms with van der Waals surface area (Å²) >= 11 is 2.74. The van der Waals surface area contributed by atoms with Gasteiger partial charge < -0.3 is 4.90 Å². The van der Waals surface area contributed by atoms with Crippen LogP contribution in [0.4, 0.5) is 10.1 Å². The predicted octanol–water partition coefficient (Wildman–Crippen LogP) is 4.53. The van der Waals surface area contributed by atoms with Crippen molar-refractivity contribution in [3.63, 3.8) is 0 Å². The molecule has 0 radical (unpaired) electrons. The van der Waals surface area contributed by atoms with Crippen LogP contribution in [-0.2, 0) is 6.42 Å². The molecule has 6 nitrogen and oxygen atoms in total. The molecule has 8 heteroatoms. The van der Waals surface area contributed by atoms with Crippen LogP contribution in [0.1, 0.15) is 44.7 Å². The van der Waals surface area contributed by atoms with E-state index in [9.17, 15) is 10.1 Å². The number of thiazole rings is 2. The van der Waals surface area contributed by atoms with Gasteiger partial charge in [0.05, 0.1) is 16.1 Å². The molecule has 0 unspecified atom stereocenters. The maximum absolute atomic E-state index is 10.9. The number of anilines is 1. The molecule has 0 saturated carbocycles. The number of hydrogen-bond donors (Lipinski definition) is 0. The summed E-state index contributed by atoms with van der Waals surface area (Å²) in [6.45, 7) is 3.88. The molecule has 2 rings (SSSR count). The first kappa shape index (κ1) is 17.8. The van der Waals surface area contributed by atoms with Crippen molar-refractivity contribution in [2.75, 3.05) is 18.0 Å². The average Bonchev–Trinajstić information content (AvgIpc) is 3.21. The van der Waals surface area contributed by atoms with E-state index in [0.29, 0.717) is 0 Å². The van der Waals surface area contributed by atoms with Crippen LogP contribution in [0.15, 0.2) is 17.1 Å². The van der Waals surface area contributed by atoms with E-state index >= 15 is 0 Å². The molecule has 0 aromatic carbocycles. The van der Waals surface area contributed by atoms with E-state index in [-0.39, 0.29) is 9.92 Å². The third kappa shape index (κ3) is 5.87. The largest absolute Gasteiger partial charge is 0.348 e. The second kappa shape index (κ2) is 9.57. The molecule has 0 N–H and O–H groups in total. The first-order valence-electron chi connectivity index (χ1n) is 7.93. The Balaban J connectivity index is 1.93. The van der Waals surface area contributed by atoms with Gasteiger partial charge in [0.1, 0.15) is 6.20 Å². The van der Waals surface area contributed by atoms with Gasteiger partial charge in [0.15, 0.2) is 5.13 Å². The van der Waals surface area contributed by atoms with E-state index in [1.165, 1.54) is 31.9 Å². The van der Waals surface area contributed by atoms with Gasteiger partial charge in [-0.1, -0.05) is 32.6 Å². The van der Waals surface area contributed by atoms with Crippen molar-refractivity contribution in [1.82, 2.24) is 9.97 Å². The minimum absolute atomic E-state index is 0.102. The second-order valence-electron chi connectivity index (χ2n) is 5.37. The number of unbranched alkanes of at least 4 members (excludes halogenated alkanes) is 4. The maximum Gasteiger partial charge on any atom is 0.345 e. The van der Waals surface area contributed by atoms with Gasteiger partial charge in [-0.05, 0) is 17.8 Å². The molecule has 126 valence electrons. The predicted molar refractivity (Wildman–Crippen MR) is 95.6 cm³/mol. The van der Waals surface area contributed by atoms with Crippen molar-refractivity contribution in [1.29, 1.82) is 0 Å². The summed E-state index contributed by atoms with van der Waals surface area (Å²) in [5.41, 5.74) is 2.90. The van der Waals surface area contributed by atoms with Crippen molar-refractivity contribution in [2.24, 2.45) is 0 Å². The van der Waals surface area contributed by atoms with Gasteiger partial charge in [-0.2, -0.15) is 0 Å². The average molecular weight is 355 g/mol. The fraction of sp³-hybridized carbons (Fsp3) is 0.600. The molecule has 0 fully saturated rings. The third-order valence-electron chi connectivity index (χ3n) is 3.58. The Morgan fingerprint density at radius 3 is 2.70 bits per heavy atom. The standard InChI is InChI=1S/C15H22N4O2S2/c1-2-3-4-5-6-8-18(9-7-13-11-22-12-17-13)15-16-10-14(23-15)19(20)21/h10-12H,2-9H2,1H3. The first-order chi connectivity index (χ1) is 11.2. The van der Waals surface area contributed by atoms with Crippen molar-refractivity contribution in [3.05, 3.63) is 32.9 Å². The summed E-state index contributed by atoms with van der Waals surface area (Å²) in [7, 11) is 0. The van der Waals surface area contributed by atoms with Gasteiger partial charge in [-0.25, -0.2) is 9.97 Å². The van der Waals surface area contributed by atoms with Gasteiger partial charge in [0.25, 0.3) is 0 Å². The highest BCUT2D eigenvalue weighted by atomic mass is 32.1. The Hall–Kier alpha value is -1.54. The van der Waals surface area contributed by atoms with Gasteiger partial charge in [0.2, 0.25) is 0 Å². The third-order valence-corrected chi connectivity index (χ3v) is 5.23. The second-order valence-corrected chi connectivity index (χ2v) is 7.08. The lowest BCUT2D eigenvalue weighted by molar-refractivity contribution is -0.380. The molecule has 0 amide bonds. The molecule has 0 aliphatic carbocycles. The van der Waals surface area contributed by atoms with Crippen LogP contribution < -0.4 is 4.90 Å². The zero-order valence-corrected chi connectivity index (χ0v) is 14.9. The van der Waals surface area contributed by atoms with Crippen LogP contribution in [0.2, 0.25) is 0 Å². The van der Waals surface area contributed by atoms with E-state index in [4.69, 9.17) is 0 Å². The zero-order chi connectivity index (χ0) is 16.5. The Bertz CT molecular complexity index is 586. The molecule has 0 aliphatic heterocycles. The van der Waals surface area contributed by atoms with Gasteiger partial charge in [-0.3, -0.25) is 10.1 Å². The van der Waals surface area contributed by atoms with Crippen LogP contribution in [0.3, 0.4) is 0 Å². The maximum atomic E-state index is 10.9. The molecular formula is C15H22N4O2S2. The highest BCUT2D eigenvalue weighted by molar-refractivity contribution is 7.18. The fourth-order valence-corrected chi connectivity index (χ4v) is 3.68. The van der Waals surface area contributed by atoms with E-state index in [1.807, 2.05) is 10.9 Å². The SMILES string of the molecule is CCCCCCCN(CCc1cscn1)c1ncc([N+](=O)[O-])s1. The molecule has 2 aromatic rings. The highest BCUT2D eigenvalue weighted by Gasteiger charge is 2.16. The van der Waals surface area contributed by atoms with E-state index in [2.05, 4.69) is 21.8 Å². The van der Waals surface area contributed by atoms with Gasteiger partial charge in [0, 0.05) is 24.9 Å². The molecular weight excluding hydrogens is 332 g/mol. The van der Waals surface area contributed by atoms with Crippen LogP contribution in [0.5, 0.6) is 0 Å². The summed E-state index contributed by atoms with van der Waals surface area (Å²) in [6.07, 6.45) is 8.21. The van der Waals surface area contributed by atoms with E-state index < -0.39 is 0 Å². The number of aromatic nitrogens is 2. The smallest absolute Gasteiger partial charge is 0.345 e. The van der Waals surface area contributed by atoms with E-state index in [1.54, 1.807) is 11.3 Å². The summed E-state index contributed by atoms with van der Waals surface area (Å²) in [6, 6.07) is 0. The van der Waals surface area contributed by atoms with Gasteiger partial charge >= 0.3 is 5.00 Å². The first-order valence-corrected chi connectivity index (χ1v) is 9.69. The highest BCUT2D eigenvalue weighted by Crippen LogP contribution is 2.28. The summed E-state index contributed by atoms with van der Waals surface area (Å²) in [5.74, 6) is 0. The van der Waals surface area contributed by atoms with Crippen molar-refractivity contribution in [3.8, 4) is 0 Å². The van der Waals surface area contributed by atoms with Crippen LogP contribution >= 0.6 is 22.7 Å². The molecule has 0 atom stereocenters. The van der Waals surface area contributed by atoms with Gasteiger partial charge in [-0.15, -0.1) is 11.3 Å². The summed E-state index contributed by atoms with van der Waals surface area (Å²) in [4.78, 5) is 21.2. The zero-order valence-electron chi connectivity index (χ0n) is 13.3. The fourth-order valence-electron chi connectivity index (χ4n) is 2.31. The quantitative estimate of drug-likeness (QED) is 0.337. The molecule has 0 spiro atoms. The molecule has 0 aliphatic rings. The minimum Gasteiger partial charge on any atom is -0.348 e. The molecule has 2 heterocycles. The topological polar surface area (TPSA) is 72.2 Å². The van der Waals surface area contributed by atoms with Crippen molar-refractivity contribution < 1.29 is 4.92 Å². The van der Waals surface area contributed by atoms with Crippen molar-refractivity contribution >= 4 is 32.8 Å². The normalized spacial score (nSPS) is 10.8. The monoisotopic (exact) mass is 354 g/mol. The lowest BCUT2D eigenvalue weighted by atomic mass is 10.1. The van der Waals surface area contributed by atoms with E-state index in [0.717, 1.165) is 48.1 Å². The Morgan fingerprint density at radius 2 is 2.04 bits per heavy atom. The summed E-state index contributed by atoms with van der Waals surface area (Å²) in [5, 5.41) is 13.7. The number of nitrogens with zero attached hydrogens (tertiary/aromatic N) is 4. The number of hydrogen-bond acceptors (Lipinski definition) is 7. The summed E-state index contributed by atoms with van der Waals surface area (Å²) < 4.78 is 0. The van der Waals surface area contributed by atoms with Crippen molar-refractivity contribution in [2.45, 2.75) is 45.4 Å². The lowest BCUT2D eigenvalue weighted by Crippen LogP contribution is -2.27. The number of nitro groups is 1. The van der Waals surface area contributed by atoms with Crippen LogP contribution in [0.25, 0.3) is 0 Å². The Morgan fingerprint density at radius 1 is 1.22 bits per heavy atom. The molecule has 23 heavy (non-hydrogen) atoms. The molecule has 0 saturated heterocycles. The number of rotatable bonds is 11.